The molecular formula is C21H21N3O3. The van der Waals surface area contributed by atoms with Gasteiger partial charge in [0.2, 0.25) is 0 Å². The van der Waals surface area contributed by atoms with Crippen molar-refractivity contribution in [2.75, 3.05) is 7.11 Å². The Hall–Kier alpha value is -3.41. The van der Waals surface area contributed by atoms with Crippen molar-refractivity contribution in [3.8, 4) is 5.69 Å². The van der Waals surface area contributed by atoms with Gasteiger partial charge in [-0.2, -0.15) is 0 Å². The predicted molar refractivity (Wildman–Crippen MR) is 101 cm³/mol. The minimum atomic E-state index is -0.529. The number of carbonyl (C=O) groups is 2. The number of nitrogens with zero attached hydrogens (tertiary/aromatic N) is 2. The summed E-state index contributed by atoms with van der Waals surface area (Å²) in [6, 6.07) is 16.1. The Balaban J connectivity index is 1.86. The van der Waals surface area contributed by atoms with Gasteiger partial charge in [0, 0.05) is 23.6 Å². The zero-order valence-corrected chi connectivity index (χ0v) is 15.2. The summed E-state index contributed by atoms with van der Waals surface area (Å²) in [6.07, 6.45) is 5.16. The maximum atomic E-state index is 12.9. The second-order valence-electron chi connectivity index (χ2n) is 6.19. The average molecular weight is 363 g/mol. The van der Waals surface area contributed by atoms with Gasteiger partial charge in [-0.15, -0.1) is 0 Å². The van der Waals surface area contributed by atoms with Gasteiger partial charge in [-0.05, 0) is 30.7 Å². The largest absolute Gasteiger partial charge is 0.469 e. The summed E-state index contributed by atoms with van der Waals surface area (Å²) in [4.78, 5) is 29.0. The topological polar surface area (TPSA) is 73.2 Å². The van der Waals surface area contributed by atoms with E-state index in [1.54, 1.807) is 31.6 Å². The van der Waals surface area contributed by atoms with Gasteiger partial charge in [-0.25, -0.2) is 4.98 Å². The number of benzene rings is 2. The normalized spacial score (nSPS) is 12.8. The molecule has 138 valence electrons. The molecule has 6 nitrogen and oxygen atoms in total. The second-order valence-corrected chi connectivity index (χ2v) is 6.19. The number of carbonyl (C=O) groups excluding carboxylic acids is 2. The number of amides is 1. The number of nitrogens with one attached hydrogen (secondary N) is 1. The van der Waals surface area contributed by atoms with E-state index >= 15 is 0 Å². The van der Waals surface area contributed by atoms with E-state index in [-0.39, 0.29) is 11.9 Å². The molecule has 0 radical (unpaired) electrons. The second kappa shape index (κ2) is 8.31. The first-order valence-electron chi connectivity index (χ1n) is 8.62. The quantitative estimate of drug-likeness (QED) is 0.683. The first-order chi connectivity index (χ1) is 13.1. The lowest BCUT2D eigenvalue weighted by Gasteiger charge is -2.24. The standard InChI is InChI=1S/C21H21N3O3/c1-15(21(26)27-2)19(16-7-4-3-5-8-16)23-20(25)17-9-6-10-18(13-17)24-12-11-22-14-24/h3-15,19H,1-2H3,(H,23,25). The summed E-state index contributed by atoms with van der Waals surface area (Å²) in [5.41, 5.74) is 2.17. The first-order valence-corrected chi connectivity index (χ1v) is 8.62. The van der Waals surface area contributed by atoms with Crippen molar-refractivity contribution >= 4 is 11.9 Å². The molecule has 0 aliphatic heterocycles. The molecule has 3 aromatic rings. The van der Waals surface area contributed by atoms with Crippen LogP contribution in [-0.2, 0) is 9.53 Å². The Kier molecular flexibility index (Phi) is 5.66. The minimum Gasteiger partial charge on any atom is -0.469 e. The van der Waals surface area contributed by atoms with Gasteiger partial charge < -0.3 is 14.6 Å². The SMILES string of the molecule is COC(=O)C(C)C(NC(=O)c1cccc(-n2ccnc2)c1)c1ccccc1. The molecule has 0 spiro atoms. The fourth-order valence-corrected chi connectivity index (χ4v) is 2.92. The van der Waals surface area contributed by atoms with Crippen LogP contribution in [0.15, 0.2) is 73.3 Å². The van der Waals surface area contributed by atoms with Crippen molar-refractivity contribution in [3.05, 3.63) is 84.4 Å². The highest BCUT2D eigenvalue weighted by Gasteiger charge is 2.28. The molecule has 1 amide bonds. The summed E-state index contributed by atoms with van der Waals surface area (Å²) in [5, 5.41) is 2.97. The molecule has 6 heteroatoms. The Morgan fingerprint density at radius 3 is 2.56 bits per heavy atom. The highest BCUT2D eigenvalue weighted by molar-refractivity contribution is 5.95. The van der Waals surface area contributed by atoms with Crippen molar-refractivity contribution < 1.29 is 14.3 Å². The maximum Gasteiger partial charge on any atom is 0.310 e. The van der Waals surface area contributed by atoms with E-state index in [2.05, 4.69) is 10.3 Å². The Morgan fingerprint density at radius 1 is 1.11 bits per heavy atom. The number of rotatable bonds is 6. The summed E-state index contributed by atoms with van der Waals surface area (Å²) in [6.45, 7) is 1.74. The fourth-order valence-electron chi connectivity index (χ4n) is 2.92. The number of methoxy groups -OCH3 is 1. The van der Waals surface area contributed by atoms with E-state index in [0.717, 1.165) is 11.3 Å². The summed E-state index contributed by atoms with van der Waals surface area (Å²) in [7, 11) is 1.34. The number of hydrogen-bond acceptors (Lipinski definition) is 4. The molecule has 2 unspecified atom stereocenters. The van der Waals surface area contributed by atoms with Gasteiger partial charge in [-0.3, -0.25) is 9.59 Å². The van der Waals surface area contributed by atoms with Gasteiger partial charge >= 0.3 is 5.97 Å². The van der Waals surface area contributed by atoms with E-state index in [9.17, 15) is 9.59 Å². The molecule has 1 N–H and O–H groups in total. The van der Waals surface area contributed by atoms with Crippen LogP contribution in [0.25, 0.3) is 5.69 Å². The molecule has 3 rings (SSSR count). The minimum absolute atomic E-state index is 0.262. The van der Waals surface area contributed by atoms with Crippen LogP contribution >= 0.6 is 0 Å². The van der Waals surface area contributed by atoms with Gasteiger partial charge in [0.25, 0.3) is 5.91 Å². The molecule has 0 aliphatic rings. The molecule has 1 aromatic heterocycles. The van der Waals surface area contributed by atoms with Gasteiger partial charge in [0.15, 0.2) is 0 Å². The Bertz CT molecular complexity index is 907. The van der Waals surface area contributed by atoms with Crippen molar-refractivity contribution in [3.63, 3.8) is 0 Å². The summed E-state index contributed by atoms with van der Waals surface area (Å²) >= 11 is 0. The number of aromatic nitrogens is 2. The molecule has 2 aromatic carbocycles. The maximum absolute atomic E-state index is 12.9. The zero-order chi connectivity index (χ0) is 19.2. The molecule has 0 saturated heterocycles. The van der Waals surface area contributed by atoms with Crippen LogP contribution in [0.1, 0.15) is 28.9 Å². The molecule has 1 heterocycles. The first kappa shape index (κ1) is 18.4. The monoisotopic (exact) mass is 363 g/mol. The van der Waals surface area contributed by atoms with Crippen LogP contribution in [0.5, 0.6) is 0 Å². The van der Waals surface area contributed by atoms with Crippen LogP contribution in [0.3, 0.4) is 0 Å². The molecule has 0 saturated carbocycles. The third-order valence-corrected chi connectivity index (χ3v) is 4.43. The van der Waals surface area contributed by atoms with Crippen LogP contribution < -0.4 is 5.32 Å². The lowest BCUT2D eigenvalue weighted by atomic mass is 9.94. The van der Waals surface area contributed by atoms with Gasteiger partial charge in [0.05, 0.1) is 25.4 Å². The van der Waals surface area contributed by atoms with Gasteiger partial charge in [0.1, 0.15) is 0 Å². The highest BCUT2D eigenvalue weighted by atomic mass is 16.5. The van der Waals surface area contributed by atoms with Crippen molar-refractivity contribution in [1.29, 1.82) is 0 Å². The van der Waals surface area contributed by atoms with Crippen LogP contribution in [0, 0.1) is 5.92 Å². The molecule has 27 heavy (non-hydrogen) atoms. The highest BCUT2D eigenvalue weighted by Crippen LogP contribution is 2.24. The molecule has 0 fully saturated rings. The van der Waals surface area contributed by atoms with E-state index in [1.807, 2.05) is 53.2 Å². The zero-order valence-electron chi connectivity index (χ0n) is 15.2. The third kappa shape index (κ3) is 4.23. The number of ether oxygens (including phenoxy) is 1. The fraction of sp³-hybridized carbons (Fsp3) is 0.190. The van der Waals surface area contributed by atoms with Crippen LogP contribution in [-0.4, -0.2) is 28.5 Å². The van der Waals surface area contributed by atoms with Crippen molar-refractivity contribution in [2.45, 2.75) is 13.0 Å². The third-order valence-electron chi connectivity index (χ3n) is 4.43. The molecule has 2 atom stereocenters. The van der Waals surface area contributed by atoms with Crippen LogP contribution in [0.4, 0.5) is 0 Å². The van der Waals surface area contributed by atoms with Gasteiger partial charge in [-0.1, -0.05) is 36.4 Å². The number of esters is 1. The van der Waals surface area contributed by atoms with E-state index in [1.165, 1.54) is 7.11 Å². The summed E-state index contributed by atoms with van der Waals surface area (Å²) in [5.74, 6) is -1.17. The smallest absolute Gasteiger partial charge is 0.310 e. The average Bonchev–Trinajstić information content (AvgIpc) is 3.26. The lowest BCUT2D eigenvalue weighted by molar-refractivity contribution is -0.145. The number of imidazole rings is 1. The van der Waals surface area contributed by atoms with Crippen LogP contribution in [0.2, 0.25) is 0 Å². The Labute approximate surface area is 157 Å². The van der Waals surface area contributed by atoms with Crippen molar-refractivity contribution in [2.24, 2.45) is 5.92 Å². The van der Waals surface area contributed by atoms with E-state index in [4.69, 9.17) is 4.74 Å². The number of hydrogen-bond donors (Lipinski definition) is 1. The predicted octanol–water partition coefficient (Wildman–Crippen LogP) is 3.15. The molecule has 0 aliphatic carbocycles. The van der Waals surface area contributed by atoms with E-state index < -0.39 is 12.0 Å². The van der Waals surface area contributed by atoms with Crippen molar-refractivity contribution in [1.82, 2.24) is 14.9 Å². The molecular weight excluding hydrogens is 342 g/mol. The van der Waals surface area contributed by atoms with E-state index in [0.29, 0.717) is 5.56 Å². The molecule has 0 bridgehead atoms. The Morgan fingerprint density at radius 2 is 1.89 bits per heavy atom. The lowest BCUT2D eigenvalue weighted by Crippen LogP contribution is -2.36. The summed E-state index contributed by atoms with van der Waals surface area (Å²) < 4.78 is 6.69.